The second kappa shape index (κ2) is 8.19. The van der Waals surface area contributed by atoms with Crippen molar-refractivity contribution in [3.05, 3.63) is 84.5 Å². The van der Waals surface area contributed by atoms with E-state index in [2.05, 4.69) is 13.2 Å². The smallest absolute Gasteiger partial charge is 0.123 e. The van der Waals surface area contributed by atoms with Crippen molar-refractivity contribution in [3.8, 4) is 0 Å². The minimum Gasteiger partial charge on any atom is -0.396 e. The summed E-state index contributed by atoms with van der Waals surface area (Å²) < 4.78 is 26.1. The highest BCUT2D eigenvalue weighted by Crippen LogP contribution is 2.37. The topological polar surface area (TPSA) is 40.5 Å². The first-order valence-electron chi connectivity index (χ1n) is 7.98. The first kappa shape index (κ1) is 19.0. The van der Waals surface area contributed by atoms with Gasteiger partial charge in [-0.25, -0.2) is 8.78 Å². The van der Waals surface area contributed by atoms with Gasteiger partial charge in [0.05, 0.1) is 13.2 Å². The molecule has 0 unspecified atom stereocenters. The highest BCUT2D eigenvalue weighted by molar-refractivity contribution is 5.67. The van der Waals surface area contributed by atoms with E-state index in [1.165, 1.54) is 24.3 Å². The van der Waals surface area contributed by atoms with Gasteiger partial charge in [0.2, 0.25) is 0 Å². The second-order valence-corrected chi connectivity index (χ2v) is 6.39. The van der Waals surface area contributed by atoms with Crippen molar-refractivity contribution in [1.29, 1.82) is 0 Å². The van der Waals surface area contributed by atoms with Crippen molar-refractivity contribution in [1.82, 2.24) is 0 Å². The number of halogens is 2. The summed E-state index contributed by atoms with van der Waals surface area (Å²) in [5, 5.41) is 19.8. The third kappa shape index (κ3) is 4.84. The molecule has 0 aliphatic carbocycles. The van der Waals surface area contributed by atoms with Crippen molar-refractivity contribution >= 4 is 11.1 Å². The first-order chi connectivity index (χ1) is 11.9. The van der Waals surface area contributed by atoms with E-state index in [1.54, 1.807) is 24.3 Å². The van der Waals surface area contributed by atoms with Gasteiger partial charge in [0, 0.05) is 5.41 Å². The molecule has 2 nitrogen and oxygen atoms in total. The van der Waals surface area contributed by atoms with E-state index in [-0.39, 0.29) is 24.8 Å². The van der Waals surface area contributed by atoms with Gasteiger partial charge >= 0.3 is 0 Å². The molecule has 0 aromatic heterocycles. The summed E-state index contributed by atoms with van der Waals surface area (Å²) in [6.07, 6.45) is 0.650. The summed E-state index contributed by atoms with van der Waals surface area (Å²) in [5.41, 5.74) is 2.03. The average Bonchev–Trinajstić information content (AvgIpc) is 2.62. The highest BCUT2D eigenvalue weighted by Gasteiger charge is 2.31. The van der Waals surface area contributed by atoms with Crippen molar-refractivity contribution in [2.45, 2.75) is 12.8 Å². The summed E-state index contributed by atoms with van der Waals surface area (Å²) in [4.78, 5) is 0. The quantitative estimate of drug-likeness (QED) is 0.743. The Morgan fingerprint density at radius 1 is 0.720 bits per heavy atom. The molecule has 0 saturated carbocycles. The summed E-state index contributed by atoms with van der Waals surface area (Å²) in [6.45, 7) is 7.49. The van der Waals surface area contributed by atoms with Gasteiger partial charge in [-0.2, -0.15) is 0 Å². The van der Waals surface area contributed by atoms with Crippen LogP contribution in [0.4, 0.5) is 8.78 Å². The molecule has 0 radical (unpaired) electrons. The molecule has 0 spiro atoms. The second-order valence-electron chi connectivity index (χ2n) is 6.39. The summed E-state index contributed by atoms with van der Waals surface area (Å²) in [6, 6.07) is 11.8. The van der Waals surface area contributed by atoms with E-state index in [9.17, 15) is 19.0 Å². The minimum absolute atomic E-state index is 0.260. The number of hydrogen-bond acceptors (Lipinski definition) is 2. The van der Waals surface area contributed by atoms with Gasteiger partial charge < -0.3 is 10.2 Å². The van der Waals surface area contributed by atoms with Crippen LogP contribution in [0, 0.1) is 17.0 Å². The molecule has 0 fully saturated rings. The standard InChI is InChI=1S/C21H22F2O2/c1-15(17-3-7-19(22)8-4-17)11-21(13-24,14-25)12-16(2)18-5-9-20(23)10-6-18/h3-10,24-25H,1-2,11-14H2. The fourth-order valence-corrected chi connectivity index (χ4v) is 2.82. The van der Waals surface area contributed by atoms with Crippen LogP contribution < -0.4 is 0 Å². The van der Waals surface area contributed by atoms with Gasteiger partial charge in [-0.05, 0) is 59.4 Å². The SMILES string of the molecule is C=C(CC(CO)(CO)CC(=C)c1ccc(F)cc1)c1ccc(F)cc1. The first-order valence-corrected chi connectivity index (χ1v) is 7.98. The van der Waals surface area contributed by atoms with Crippen LogP contribution in [0.15, 0.2) is 61.7 Å². The Bertz CT molecular complexity index is 668. The third-order valence-electron chi connectivity index (χ3n) is 4.35. The molecule has 0 atom stereocenters. The number of benzene rings is 2. The molecule has 132 valence electrons. The fraction of sp³-hybridized carbons (Fsp3) is 0.238. The Labute approximate surface area is 146 Å². The summed E-state index contributed by atoms with van der Waals surface area (Å²) in [7, 11) is 0. The van der Waals surface area contributed by atoms with Crippen molar-refractivity contribution in [2.24, 2.45) is 5.41 Å². The predicted octanol–water partition coefficient (Wildman–Crippen LogP) is 4.44. The molecule has 0 amide bonds. The van der Waals surface area contributed by atoms with Gasteiger partial charge in [0.1, 0.15) is 11.6 Å². The maximum Gasteiger partial charge on any atom is 0.123 e. The van der Waals surface area contributed by atoms with Gasteiger partial charge in [-0.1, -0.05) is 37.4 Å². The Balaban J connectivity index is 2.16. The lowest BCUT2D eigenvalue weighted by molar-refractivity contribution is 0.0630. The molecule has 2 N–H and O–H groups in total. The summed E-state index contributed by atoms with van der Waals surface area (Å²) in [5.74, 6) is -0.673. The highest BCUT2D eigenvalue weighted by atomic mass is 19.1. The molecule has 25 heavy (non-hydrogen) atoms. The van der Waals surface area contributed by atoms with Gasteiger partial charge in [-0.3, -0.25) is 0 Å². The maximum atomic E-state index is 13.1. The van der Waals surface area contributed by atoms with Crippen molar-refractivity contribution in [3.63, 3.8) is 0 Å². The number of aliphatic hydroxyl groups excluding tert-OH is 2. The maximum absolute atomic E-state index is 13.1. The van der Waals surface area contributed by atoms with Crippen LogP contribution in [-0.2, 0) is 0 Å². The molecular weight excluding hydrogens is 322 g/mol. The molecule has 2 aromatic rings. The monoisotopic (exact) mass is 344 g/mol. The lowest BCUT2D eigenvalue weighted by atomic mass is 9.76. The van der Waals surface area contributed by atoms with Crippen LogP contribution in [0.3, 0.4) is 0 Å². The molecule has 2 rings (SSSR count). The van der Waals surface area contributed by atoms with Gasteiger partial charge in [-0.15, -0.1) is 0 Å². The van der Waals surface area contributed by atoms with Gasteiger partial charge in [0.15, 0.2) is 0 Å². The van der Waals surface area contributed by atoms with Crippen LogP contribution in [0.2, 0.25) is 0 Å². The average molecular weight is 344 g/mol. The number of aliphatic hydroxyl groups is 2. The van der Waals surface area contributed by atoms with E-state index in [0.717, 1.165) is 11.1 Å². The van der Waals surface area contributed by atoms with E-state index < -0.39 is 5.41 Å². The lowest BCUT2D eigenvalue weighted by Crippen LogP contribution is -2.30. The number of hydrogen-bond donors (Lipinski definition) is 2. The van der Waals surface area contributed by atoms with Crippen LogP contribution in [0.1, 0.15) is 24.0 Å². The molecule has 0 aliphatic heterocycles. The van der Waals surface area contributed by atoms with Crippen LogP contribution in [0.5, 0.6) is 0 Å². The zero-order chi connectivity index (χ0) is 18.4. The molecule has 0 bridgehead atoms. The van der Waals surface area contributed by atoms with E-state index in [4.69, 9.17) is 0 Å². The zero-order valence-corrected chi connectivity index (χ0v) is 14.0. The van der Waals surface area contributed by atoms with Gasteiger partial charge in [0.25, 0.3) is 0 Å². The fourth-order valence-electron chi connectivity index (χ4n) is 2.82. The molecule has 0 aliphatic rings. The van der Waals surface area contributed by atoms with E-state index in [0.29, 0.717) is 24.0 Å². The van der Waals surface area contributed by atoms with Crippen LogP contribution >= 0.6 is 0 Å². The van der Waals surface area contributed by atoms with E-state index >= 15 is 0 Å². The normalized spacial score (nSPS) is 11.4. The van der Waals surface area contributed by atoms with Crippen LogP contribution in [0.25, 0.3) is 11.1 Å². The molecule has 0 saturated heterocycles. The molecule has 0 heterocycles. The summed E-state index contributed by atoms with van der Waals surface area (Å²) >= 11 is 0. The third-order valence-corrected chi connectivity index (χ3v) is 4.35. The predicted molar refractivity (Wildman–Crippen MR) is 96.7 cm³/mol. The van der Waals surface area contributed by atoms with E-state index in [1.807, 2.05) is 0 Å². The molecule has 2 aromatic carbocycles. The Hall–Kier alpha value is -2.30. The number of rotatable bonds is 8. The number of allylic oxidation sites excluding steroid dienone is 2. The minimum atomic E-state index is -0.850. The molecule has 4 heteroatoms. The Morgan fingerprint density at radius 3 is 1.32 bits per heavy atom. The molecular formula is C21H22F2O2. The van der Waals surface area contributed by atoms with Crippen molar-refractivity contribution in [2.75, 3.05) is 13.2 Å². The largest absolute Gasteiger partial charge is 0.396 e. The Morgan fingerprint density at radius 2 is 1.04 bits per heavy atom. The van der Waals surface area contributed by atoms with Crippen LogP contribution in [-0.4, -0.2) is 23.4 Å². The van der Waals surface area contributed by atoms with Crippen molar-refractivity contribution < 1.29 is 19.0 Å². The zero-order valence-electron chi connectivity index (χ0n) is 14.0. The lowest BCUT2D eigenvalue weighted by Gasteiger charge is -2.32. The Kier molecular flexibility index (Phi) is 6.23.